The van der Waals surface area contributed by atoms with E-state index in [1.807, 2.05) is 43.3 Å². The highest BCUT2D eigenvalue weighted by Gasteiger charge is 2.19. The summed E-state index contributed by atoms with van der Waals surface area (Å²) in [6.07, 6.45) is 0. The second-order valence-corrected chi connectivity index (χ2v) is 4.54. The molecule has 0 aliphatic rings. The minimum absolute atomic E-state index is 0.321. The topological polar surface area (TPSA) is 44.8 Å². The fourth-order valence-electron chi connectivity index (χ4n) is 2.31. The molecule has 2 aromatic carbocycles. The van der Waals surface area contributed by atoms with E-state index in [1.54, 1.807) is 20.1 Å². The summed E-state index contributed by atoms with van der Waals surface area (Å²) >= 11 is 0. The zero-order valence-electron chi connectivity index (χ0n) is 13.1. The molecule has 0 aliphatic carbocycles. The van der Waals surface area contributed by atoms with E-state index in [9.17, 15) is 4.79 Å². The predicted octanol–water partition coefficient (Wildman–Crippen LogP) is 3.94. The molecular formula is C18H20O4. The number of methoxy groups -OCH3 is 1. The summed E-state index contributed by atoms with van der Waals surface area (Å²) in [4.78, 5) is 12.1. The van der Waals surface area contributed by atoms with E-state index in [4.69, 9.17) is 14.2 Å². The van der Waals surface area contributed by atoms with Crippen LogP contribution in [-0.2, 0) is 4.74 Å². The maximum absolute atomic E-state index is 12.1. The van der Waals surface area contributed by atoms with Crippen molar-refractivity contribution in [2.24, 2.45) is 0 Å². The van der Waals surface area contributed by atoms with E-state index in [0.29, 0.717) is 24.5 Å². The summed E-state index contributed by atoms with van der Waals surface area (Å²) in [6.45, 7) is 4.60. The van der Waals surface area contributed by atoms with Crippen molar-refractivity contribution in [1.29, 1.82) is 0 Å². The third-order valence-electron chi connectivity index (χ3n) is 3.19. The number of para-hydroxylation sites is 2. The fourth-order valence-corrected chi connectivity index (χ4v) is 2.31. The van der Waals surface area contributed by atoms with Crippen LogP contribution < -0.4 is 9.47 Å². The normalized spacial score (nSPS) is 10.1. The van der Waals surface area contributed by atoms with Gasteiger partial charge < -0.3 is 14.2 Å². The molecule has 0 fully saturated rings. The monoisotopic (exact) mass is 300 g/mol. The first-order valence-corrected chi connectivity index (χ1v) is 7.29. The van der Waals surface area contributed by atoms with Gasteiger partial charge in [0.25, 0.3) is 0 Å². The molecule has 116 valence electrons. The number of benzene rings is 2. The molecular weight excluding hydrogens is 280 g/mol. The number of hydrogen-bond donors (Lipinski definition) is 0. The van der Waals surface area contributed by atoms with Crippen LogP contribution in [0.15, 0.2) is 42.5 Å². The van der Waals surface area contributed by atoms with Crippen LogP contribution in [0.3, 0.4) is 0 Å². The summed E-state index contributed by atoms with van der Waals surface area (Å²) in [5, 5.41) is 0. The van der Waals surface area contributed by atoms with E-state index in [1.165, 1.54) is 0 Å². The zero-order chi connectivity index (χ0) is 15.9. The Labute approximate surface area is 130 Å². The molecule has 4 heteroatoms. The van der Waals surface area contributed by atoms with Crippen molar-refractivity contribution < 1.29 is 19.0 Å². The van der Waals surface area contributed by atoms with E-state index in [0.717, 1.165) is 16.9 Å². The minimum Gasteiger partial charge on any atom is -0.495 e. The molecule has 0 amide bonds. The molecule has 0 saturated heterocycles. The van der Waals surface area contributed by atoms with Gasteiger partial charge in [-0.3, -0.25) is 0 Å². The lowest BCUT2D eigenvalue weighted by molar-refractivity contribution is 0.0523. The van der Waals surface area contributed by atoms with Crippen LogP contribution in [0.2, 0.25) is 0 Å². The highest BCUT2D eigenvalue weighted by molar-refractivity contribution is 5.96. The average molecular weight is 300 g/mol. The molecule has 0 unspecified atom stereocenters. The zero-order valence-corrected chi connectivity index (χ0v) is 13.1. The van der Waals surface area contributed by atoms with Gasteiger partial charge in [0.05, 0.1) is 20.3 Å². The molecule has 0 bridgehead atoms. The lowest BCUT2D eigenvalue weighted by Crippen LogP contribution is -2.07. The van der Waals surface area contributed by atoms with Crippen molar-refractivity contribution in [1.82, 2.24) is 0 Å². The second-order valence-electron chi connectivity index (χ2n) is 4.54. The highest BCUT2D eigenvalue weighted by atomic mass is 16.5. The van der Waals surface area contributed by atoms with Gasteiger partial charge in [0.15, 0.2) is 0 Å². The first-order valence-electron chi connectivity index (χ1n) is 7.29. The third kappa shape index (κ3) is 3.22. The van der Waals surface area contributed by atoms with Crippen LogP contribution in [0, 0.1) is 0 Å². The molecule has 0 saturated carbocycles. The smallest absolute Gasteiger partial charge is 0.341 e. The van der Waals surface area contributed by atoms with Gasteiger partial charge in [-0.1, -0.05) is 30.3 Å². The molecule has 0 spiro atoms. The summed E-state index contributed by atoms with van der Waals surface area (Å²) < 4.78 is 16.2. The average Bonchev–Trinajstić information content (AvgIpc) is 2.55. The van der Waals surface area contributed by atoms with Crippen molar-refractivity contribution in [2.45, 2.75) is 13.8 Å². The van der Waals surface area contributed by atoms with Crippen molar-refractivity contribution in [2.75, 3.05) is 20.3 Å². The van der Waals surface area contributed by atoms with Gasteiger partial charge in [-0.2, -0.15) is 0 Å². The van der Waals surface area contributed by atoms with Crippen LogP contribution in [0.4, 0.5) is 0 Å². The Kier molecular flexibility index (Phi) is 5.42. The van der Waals surface area contributed by atoms with Crippen LogP contribution in [0.25, 0.3) is 11.1 Å². The van der Waals surface area contributed by atoms with Gasteiger partial charge in [0.2, 0.25) is 0 Å². The maximum atomic E-state index is 12.1. The maximum Gasteiger partial charge on any atom is 0.341 e. The number of carbonyl (C=O) groups is 1. The molecule has 0 aromatic heterocycles. The lowest BCUT2D eigenvalue weighted by Gasteiger charge is -2.15. The van der Waals surface area contributed by atoms with Gasteiger partial charge in [-0.15, -0.1) is 0 Å². The quantitative estimate of drug-likeness (QED) is 0.758. The Morgan fingerprint density at radius 2 is 1.68 bits per heavy atom. The number of ether oxygens (including phenoxy) is 3. The molecule has 2 rings (SSSR count). The van der Waals surface area contributed by atoms with Gasteiger partial charge in [0, 0.05) is 11.1 Å². The Morgan fingerprint density at radius 3 is 2.36 bits per heavy atom. The summed E-state index contributed by atoms with van der Waals surface area (Å²) in [5.74, 6) is 0.854. The van der Waals surface area contributed by atoms with Crippen molar-refractivity contribution >= 4 is 5.97 Å². The summed E-state index contributed by atoms with van der Waals surface area (Å²) in [6, 6.07) is 13.1. The van der Waals surface area contributed by atoms with Crippen LogP contribution in [-0.4, -0.2) is 26.3 Å². The SMILES string of the molecule is CCOC(=O)c1cccc(-c2ccccc2OCC)c1OC. The van der Waals surface area contributed by atoms with Crippen LogP contribution in [0.5, 0.6) is 11.5 Å². The summed E-state index contributed by atoms with van der Waals surface area (Å²) in [5.41, 5.74) is 2.10. The van der Waals surface area contributed by atoms with E-state index < -0.39 is 5.97 Å². The first-order chi connectivity index (χ1) is 10.7. The van der Waals surface area contributed by atoms with Gasteiger partial charge in [-0.05, 0) is 26.0 Å². The van der Waals surface area contributed by atoms with E-state index in [2.05, 4.69) is 0 Å². The molecule has 0 N–H and O–H groups in total. The number of esters is 1. The number of rotatable bonds is 6. The Morgan fingerprint density at radius 1 is 0.955 bits per heavy atom. The number of hydrogen-bond acceptors (Lipinski definition) is 4. The molecule has 0 aliphatic heterocycles. The van der Waals surface area contributed by atoms with Crippen LogP contribution in [0.1, 0.15) is 24.2 Å². The largest absolute Gasteiger partial charge is 0.495 e. The van der Waals surface area contributed by atoms with Gasteiger partial charge in [0.1, 0.15) is 17.1 Å². The molecule has 4 nitrogen and oxygen atoms in total. The Balaban J connectivity index is 2.57. The molecule has 2 aromatic rings. The molecule has 0 atom stereocenters. The van der Waals surface area contributed by atoms with Crippen LogP contribution >= 0.6 is 0 Å². The van der Waals surface area contributed by atoms with Gasteiger partial charge >= 0.3 is 5.97 Å². The lowest BCUT2D eigenvalue weighted by atomic mass is 10.0. The second kappa shape index (κ2) is 7.50. The third-order valence-corrected chi connectivity index (χ3v) is 3.19. The minimum atomic E-state index is -0.393. The Hall–Kier alpha value is -2.49. The van der Waals surface area contributed by atoms with Crippen molar-refractivity contribution in [3.05, 3.63) is 48.0 Å². The van der Waals surface area contributed by atoms with E-state index >= 15 is 0 Å². The van der Waals surface area contributed by atoms with Crippen molar-refractivity contribution in [3.63, 3.8) is 0 Å². The molecule has 0 heterocycles. The number of carbonyl (C=O) groups excluding carboxylic acids is 1. The Bertz CT molecular complexity index is 649. The van der Waals surface area contributed by atoms with Crippen molar-refractivity contribution in [3.8, 4) is 22.6 Å². The molecule has 0 radical (unpaired) electrons. The van der Waals surface area contributed by atoms with Gasteiger partial charge in [-0.25, -0.2) is 4.79 Å². The summed E-state index contributed by atoms with van der Waals surface area (Å²) in [7, 11) is 1.55. The fraction of sp³-hybridized carbons (Fsp3) is 0.278. The van der Waals surface area contributed by atoms with E-state index in [-0.39, 0.29) is 0 Å². The standard InChI is InChI=1S/C18H20O4/c1-4-21-16-12-7-6-9-13(16)14-10-8-11-15(17(14)20-3)18(19)22-5-2/h6-12H,4-5H2,1-3H3. The predicted molar refractivity (Wildman–Crippen MR) is 85.6 cm³/mol. The highest BCUT2D eigenvalue weighted by Crippen LogP contribution is 2.38. The molecule has 22 heavy (non-hydrogen) atoms. The first kappa shape index (κ1) is 15.9.